The average molecular weight is 320 g/mol. The number of rotatable bonds is 5. The minimum Gasteiger partial charge on any atom is -0.349 e. The van der Waals surface area contributed by atoms with Gasteiger partial charge >= 0.3 is 0 Å². The van der Waals surface area contributed by atoms with E-state index in [-0.39, 0.29) is 17.2 Å². The van der Waals surface area contributed by atoms with Crippen LogP contribution in [0.3, 0.4) is 0 Å². The summed E-state index contributed by atoms with van der Waals surface area (Å²) in [6.07, 6.45) is 1.73. The molecule has 0 saturated carbocycles. The van der Waals surface area contributed by atoms with Gasteiger partial charge in [-0.25, -0.2) is 8.78 Å². The number of benzene rings is 1. The molecule has 18 heavy (non-hydrogen) atoms. The fourth-order valence-electron chi connectivity index (χ4n) is 1.59. The van der Waals surface area contributed by atoms with Gasteiger partial charge in [0, 0.05) is 17.4 Å². The molecule has 1 aromatic rings. The summed E-state index contributed by atoms with van der Waals surface area (Å²) < 4.78 is 26.6. The van der Waals surface area contributed by atoms with Crippen LogP contribution < -0.4 is 5.32 Å². The van der Waals surface area contributed by atoms with Crippen LogP contribution >= 0.6 is 15.9 Å². The molecule has 0 aliphatic rings. The van der Waals surface area contributed by atoms with Crippen molar-refractivity contribution in [1.29, 1.82) is 0 Å². The molecular formula is C13H16BrF2NO. The van der Waals surface area contributed by atoms with Crippen molar-refractivity contribution in [1.82, 2.24) is 5.32 Å². The molecule has 0 radical (unpaired) electrons. The fraction of sp³-hybridized carbons (Fsp3) is 0.462. The van der Waals surface area contributed by atoms with Gasteiger partial charge in [-0.05, 0) is 38.3 Å². The van der Waals surface area contributed by atoms with E-state index in [1.54, 1.807) is 0 Å². The highest BCUT2D eigenvalue weighted by atomic mass is 79.9. The van der Waals surface area contributed by atoms with E-state index >= 15 is 0 Å². The second-order valence-electron chi connectivity index (χ2n) is 4.29. The largest absolute Gasteiger partial charge is 0.349 e. The Bertz CT molecular complexity index is 437. The fourth-order valence-corrected chi connectivity index (χ4v) is 1.91. The Morgan fingerprint density at radius 2 is 2.06 bits per heavy atom. The van der Waals surface area contributed by atoms with Crippen LogP contribution in [0.5, 0.6) is 0 Å². The van der Waals surface area contributed by atoms with E-state index in [0.29, 0.717) is 0 Å². The highest BCUT2D eigenvalue weighted by Gasteiger charge is 2.16. The predicted octanol–water partition coefficient (Wildman–Crippen LogP) is 3.57. The van der Waals surface area contributed by atoms with E-state index < -0.39 is 17.5 Å². The molecule has 0 fully saturated rings. The number of carbonyl (C=O) groups is 1. The summed E-state index contributed by atoms with van der Waals surface area (Å²) in [6.45, 7) is 3.36. The van der Waals surface area contributed by atoms with E-state index in [9.17, 15) is 13.6 Å². The molecule has 0 aromatic heterocycles. The van der Waals surface area contributed by atoms with Gasteiger partial charge in [0.1, 0.15) is 11.6 Å². The first kappa shape index (κ1) is 15.1. The molecule has 0 aliphatic heterocycles. The number of hydrogen-bond donors (Lipinski definition) is 1. The molecule has 2 nitrogen and oxygen atoms in total. The number of alkyl halides is 1. The lowest BCUT2D eigenvalue weighted by molar-refractivity contribution is 0.0934. The van der Waals surface area contributed by atoms with Gasteiger partial charge in [-0.3, -0.25) is 4.79 Å². The highest BCUT2D eigenvalue weighted by Crippen LogP contribution is 2.14. The Morgan fingerprint density at radius 1 is 1.39 bits per heavy atom. The van der Waals surface area contributed by atoms with Gasteiger partial charge in [0.05, 0.1) is 5.56 Å². The zero-order valence-electron chi connectivity index (χ0n) is 10.4. The van der Waals surface area contributed by atoms with Crippen molar-refractivity contribution >= 4 is 21.8 Å². The number of aryl methyl sites for hydroxylation is 1. The minimum absolute atomic E-state index is 0.0418. The van der Waals surface area contributed by atoms with E-state index in [0.717, 1.165) is 24.2 Å². The molecule has 0 bridgehead atoms. The van der Waals surface area contributed by atoms with Crippen LogP contribution in [0.25, 0.3) is 0 Å². The molecule has 1 aromatic carbocycles. The van der Waals surface area contributed by atoms with Crippen LogP contribution in [0.4, 0.5) is 8.78 Å². The third-order valence-corrected chi connectivity index (χ3v) is 3.20. The maximum Gasteiger partial charge on any atom is 0.254 e. The Balaban J connectivity index is 2.75. The van der Waals surface area contributed by atoms with Gasteiger partial charge in [0.2, 0.25) is 0 Å². The van der Waals surface area contributed by atoms with Crippen LogP contribution in [-0.4, -0.2) is 17.3 Å². The molecule has 1 rings (SSSR count). The lowest BCUT2D eigenvalue weighted by Crippen LogP contribution is -2.33. The van der Waals surface area contributed by atoms with Crippen LogP contribution in [0.2, 0.25) is 0 Å². The summed E-state index contributed by atoms with van der Waals surface area (Å²) in [7, 11) is 0. The highest BCUT2D eigenvalue weighted by molar-refractivity contribution is 9.09. The number of halogens is 3. The summed E-state index contributed by atoms with van der Waals surface area (Å²) in [5.74, 6) is -1.97. The first-order chi connectivity index (χ1) is 8.45. The lowest BCUT2D eigenvalue weighted by Gasteiger charge is -2.14. The molecule has 0 heterocycles. The second kappa shape index (κ2) is 6.83. The zero-order valence-corrected chi connectivity index (χ0v) is 12.0. The summed E-state index contributed by atoms with van der Waals surface area (Å²) in [5, 5.41) is 3.55. The van der Waals surface area contributed by atoms with Crippen molar-refractivity contribution in [3.63, 3.8) is 0 Å². The predicted molar refractivity (Wildman–Crippen MR) is 71.1 cm³/mol. The Morgan fingerprint density at radius 3 is 2.67 bits per heavy atom. The standard InChI is InChI=1S/C13H16BrF2NO/c1-8-6-10(12(16)7-11(8)15)13(18)17-9(2)4-3-5-14/h6-7,9H,3-5H2,1-2H3,(H,17,18). The van der Waals surface area contributed by atoms with Crippen LogP contribution in [-0.2, 0) is 0 Å². The third kappa shape index (κ3) is 4.05. The van der Waals surface area contributed by atoms with Gasteiger partial charge in [-0.15, -0.1) is 0 Å². The molecule has 1 atom stereocenters. The molecular weight excluding hydrogens is 304 g/mol. The molecule has 5 heteroatoms. The maximum atomic E-state index is 13.5. The third-order valence-electron chi connectivity index (χ3n) is 2.64. The van der Waals surface area contributed by atoms with Crippen molar-refractivity contribution in [3.05, 3.63) is 34.9 Å². The van der Waals surface area contributed by atoms with Crippen LogP contribution in [0.15, 0.2) is 12.1 Å². The quantitative estimate of drug-likeness (QED) is 0.826. The van der Waals surface area contributed by atoms with Gasteiger partial charge in [0.15, 0.2) is 0 Å². The maximum absolute atomic E-state index is 13.5. The first-order valence-corrected chi connectivity index (χ1v) is 6.90. The molecule has 0 saturated heterocycles. The number of carbonyl (C=O) groups excluding carboxylic acids is 1. The van der Waals surface area contributed by atoms with Crippen molar-refractivity contribution < 1.29 is 13.6 Å². The van der Waals surface area contributed by atoms with E-state index in [4.69, 9.17) is 0 Å². The lowest BCUT2D eigenvalue weighted by atomic mass is 10.1. The van der Waals surface area contributed by atoms with E-state index in [1.807, 2.05) is 6.92 Å². The normalized spacial score (nSPS) is 12.3. The number of nitrogens with one attached hydrogen (secondary N) is 1. The Kier molecular flexibility index (Phi) is 5.72. The Hall–Kier alpha value is -0.970. The zero-order chi connectivity index (χ0) is 13.7. The van der Waals surface area contributed by atoms with Crippen molar-refractivity contribution in [2.24, 2.45) is 0 Å². The van der Waals surface area contributed by atoms with Crippen LogP contribution in [0.1, 0.15) is 35.7 Å². The molecule has 0 spiro atoms. The van der Waals surface area contributed by atoms with Crippen molar-refractivity contribution in [2.45, 2.75) is 32.7 Å². The molecule has 1 amide bonds. The van der Waals surface area contributed by atoms with E-state index in [1.165, 1.54) is 13.0 Å². The topological polar surface area (TPSA) is 29.1 Å². The SMILES string of the molecule is Cc1cc(C(=O)NC(C)CCCBr)c(F)cc1F. The summed E-state index contributed by atoms with van der Waals surface area (Å²) >= 11 is 3.30. The molecule has 0 aliphatic carbocycles. The van der Waals surface area contributed by atoms with Crippen molar-refractivity contribution in [2.75, 3.05) is 5.33 Å². The minimum atomic E-state index is -0.830. The Labute approximate surface area is 114 Å². The molecule has 100 valence electrons. The van der Waals surface area contributed by atoms with Crippen molar-refractivity contribution in [3.8, 4) is 0 Å². The second-order valence-corrected chi connectivity index (χ2v) is 5.08. The molecule has 1 unspecified atom stereocenters. The summed E-state index contributed by atoms with van der Waals surface area (Å²) in [4.78, 5) is 11.8. The smallest absolute Gasteiger partial charge is 0.254 e. The van der Waals surface area contributed by atoms with Gasteiger partial charge in [0.25, 0.3) is 5.91 Å². The van der Waals surface area contributed by atoms with Gasteiger partial charge in [-0.1, -0.05) is 15.9 Å². The summed E-state index contributed by atoms with van der Waals surface area (Å²) in [5.41, 5.74) is 0.147. The van der Waals surface area contributed by atoms with E-state index in [2.05, 4.69) is 21.2 Å². The average Bonchev–Trinajstić information content (AvgIpc) is 2.31. The van der Waals surface area contributed by atoms with Crippen LogP contribution in [0, 0.1) is 18.6 Å². The first-order valence-electron chi connectivity index (χ1n) is 5.78. The molecule has 1 N–H and O–H groups in total. The van der Waals surface area contributed by atoms with Gasteiger partial charge < -0.3 is 5.32 Å². The number of amides is 1. The number of hydrogen-bond acceptors (Lipinski definition) is 1. The van der Waals surface area contributed by atoms with Gasteiger partial charge in [-0.2, -0.15) is 0 Å². The monoisotopic (exact) mass is 319 g/mol. The summed E-state index contributed by atoms with van der Waals surface area (Å²) in [6, 6.07) is 1.93.